The second-order valence-electron chi connectivity index (χ2n) is 7.57. The fraction of sp³-hybridized carbons (Fsp3) is 0.200. The summed E-state index contributed by atoms with van der Waals surface area (Å²) in [5, 5.41) is 2.89. The van der Waals surface area contributed by atoms with Crippen molar-refractivity contribution in [3.63, 3.8) is 0 Å². The third kappa shape index (κ3) is 3.32. The molecule has 1 heterocycles. The lowest BCUT2D eigenvalue weighted by atomic mass is 9.84. The molecule has 1 aromatic heterocycles. The summed E-state index contributed by atoms with van der Waals surface area (Å²) in [4.78, 5) is 38.5. The van der Waals surface area contributed by atoms with Gasteiger partial charge in [-0.1, -0.05) is 31.2 Å². The number of carbonyl (C=O) groups excluding carboxylic acids is 3. The van der Waals surface area contributed by atoms with Gasteiger partial charge in [-0.15, -0.1) is 0 Å². The van der Waals surface area contributed by atoms with Crippen molar-refractivity contribution in [2.24, 2.45) is 0 Å². The fourth-order valence-electron chi connectivity index (χ4n) is 3.81. The topological polar surface area (TPSA) is 67.1 Å². The average Bonchev–Trinajstić information content (AvgIpc) is 2.77. The van der Waals surface area contributed by atoms with Gasteiger partial charge in [0.1, 0.15) is 0 Å². The van der Waals surface area contributed by atoms with E-state index in [1.807, 2.05) is 30.7 Å². The number of anilines is 1. The Morgan fingerprint density at radius 1 is 0.933 bits per heavy atom. The summed E-state index contributed by atoms with van der Waals surface area (Å²) in [5.74, 6) is -0.564. The number of carbonyl (C=O) groups is 3. The first kappa shape index (κ1) is 19.7. The van der Waals surface area contributed by atoms with E-state index in [0.717, 1.165) is 17.7 Å². The van der Waals surface area contributed by atoms with E-state index in [2.05, 4.69) is 18.3 Å². The highest BCUT2D eigenvalue weighted by molar-refractivity contribution is 6.28. The van der Waals surface area contributed by atoms with Crippen LogP contribution in [-0.2, 0) is 11.2 Å². The van der Waals surface area contributed by atoms with E-state index in [-0.39, 0.29) is 17.5 Å². The van der Waals surface area contributed by atoms with Crippen LogP contribution in [0.5, 0.6) is 0 Å². The Bertz CT molecular complexity index is 1200. The van der Waals surface area contributed by atoms with E-state index in [1.165, 1.54) is 0 Å². The van der Waals surface area contributed by atoms with Gasteiger partial charge in [0.05, 0.1) is 0 Å². The third-order valence-corrected chi connectivity index (χ3v) is 5.65. The van der Waals surface area contributed by atoms with Crippen molar-refractivity contribution in [3.05, 3.63) is 94.3 Å². The van der Waals surface area contributed by atoms with E-state index in [1.54, 1.807) is 42.5 Å². The number of nitrogens with one attached hydrogen (secondary N) is 1. The van der Waals surface area contributed by atoms with Crippen molar-refractivity contribution in [2.45, 2.75) is 33.2 Å². The minimum atomic E-state index is -0.425. The van der Waals surface area contributed by atoms with Crippen LogP contribution in [0, 0.1) is 6.92 Å². The Hall–Kier alpha value is -3.60. The quantitative estimate of drug-likeness (QED) is 0.531. The molecule has 4 rings (SSSR count). The van der Waals surface area contributed by atoms with Gasteiger partial charge in [0, 0.05) is 53.4 Å². The SMILES string of the molecule is CCc1ccc(C)[n+]([C@@H](C)C(=O)Nc2ccc3c(c2)C(=O)c2ccccc2C3=O)c1. The van der Waals surface area contributed by atoms with Crippen LogP contribution in [0.15, 0.2) is 60.8 Å². The van der Waals surface area contributed by atoms with Gasteiger partial charge in [-0.05, 0) is 30.7 Å². The molecule has 0 aliphatic heterocycles. The number of benzene rings is 2. The number of rotatable bonds is 4. The Kier molecular flexibility index (Phi) is 5.04. The second-order valence-corrected chi connectivity index (χ2v) is 7.57. The van der Waals surface area contributed by atoms with Gasteiger partial charge in [0.2, 0.25) is 6.04 Å². The molecule has 0 spiro atoms. The van der Waals surface area contributed by atoms with Crippen molar-refractivity contribution in [1.82, 2.24) is 0 Å². The highest BCUT2D eigenvalue weighted by atomic mass is 16.2. The fourth-order valence-corrected chi connectivity index (χ4v) is 3.81. The van der Waals surface area contributed by atoms with Gasteiger partial charge in [-0.3, -0.25) is 14.4 Å². The van der Waals surface area contributed by atoms with Crippen LogP contribution in [0.3, 0.4) is 0 Å². The van der Waals surface area contributed by atoms with Crippen LogP contribution in [0.2, 0.25) is 0 Å². The standard InChI is InChI=1S/C25H22N2O3/c1-4-17-10-9-15(2)27(14-17)16(3)25(30)26-18-11-12-21-22(13-18)24(29)20-8-6-5-7-19(20)23(21)28/h5-14,16H,4H2,1-3H3/p+1/t16-/m0/s1. The summed E-state index contributed by atoms with van der Waals surface area (Å²) in [5.41, 5.74) is 4.13. The minimum absolute atomic E-state index is 0.172. The zero-order valence-corrected chi connectivity index (χ0v) is 17.2. The molecular weight excluding hydrogens is 376 g/mol. The number of fused-ring (bicyclic) bond motifs is 2. The third-order valence-electron chi connectivity index (χ3n) is 5.65. The number of ketones is 2. The van der Waals surface area contributed by atoms with Crippen LogP contribution in [0.4, 0.5) is 5.69 Å². The summed E-state index contributed by atoms with van der Waals surface area (Å²) >= 11 is 0. The Morgan fingerprint density at radius 3 is 2.23 bits per heavy atom. The van der Waals surface area contributed by atoms with E-state index in [9.17, 15) is 14.4 Å². The predicted octanol–water partition coefficient (Wildman–Crippen LogP) is 3.82. The average molecular weight is 399 g/mol. The van der Waals surface area contributed by atoms with Crippen LogP contribution in [0.1, 0.15) is 63.0 Å². The highest BCUT2D eigenvalue weighted by Gasteiger charge is 2.30. The molecule has 2 aromatic carbocycles. The first-order valence-electron chi connectivity index (χ1n) is 10.0. The molecule has 0 fully saturated rings. The molecule has 0 unspecified atom stereocenters. The highest BCUT2D eigenvalue weighted by Crippen LogP contribution is 2.29. The lowest BCUT2D eigenvalue weighted by Gasteiger charge is -2.18. The summed E-state index contributed by atoms with van der Waals surface area (Å²) in [6.45, 7) is 5.87. The lowest BCUT2D eigenvalue weighted by molar-refractivity contribution is -0.711. The number of nitrogens with zero attached hydrogens (tertiary/aromatic N) is 1. The smallest absolute Gasteiger partial charge is 0.293 e. The molecule has 1 aliphatic carbocycles. The molecule has 1 N–H and O–H groups in total. The van der Waals surface area contributed by atoms with E-state index in [4.69, 9.17) is 0 Å². The summed E-state index contributed by atoms with van der Waals surface area (Å²) < 4.78 is 1.94. The molecule has 3 aromatic rings. The van der Waals surface area contributed by atoms with Gasteiger partial charge < -0.3 is 5.32 Å². The summed E-state index contributed by atoms with van der Waals surface area (Å²) in [6, 6.07) is 15.3. The van der Waals surface area contributed by atoms with Crippen LogP contribution in [-0.4, -0.2) is 17.5 Å². The van der Waals surface area contributed by atoms with E-state index < -0.39 is 6.04 Å². The molecule has 1 atom stereocenters. The minimum Gasteiger partial charge on any atom is -0.320 e. The number of hydrogen-bond donors (Lipinski definition) is 1. The molecule has 1 aliphatic rings. The van der Waals surface area contributed by atoms with Crippen LogP contribution < -0.4 is 9.88 Å². The molecule has 0 bridgehead atoms. The number of amides is 1. The molecule has 0 saturated carbocycles. The maximum atomic E-state index is 12.9. The van der Waals surface area contributed by atoms with Crippen molar-refractivity contribution < 1.29 is 19.0 Å². The summed E-state index contributed by atoms with van der Waals surface area (Å²) in [6.07, 6.45) is 2.88. The molecule has 0 saturated heterocycles. The first-order valence-corrected chi connectivity index (χ1v) is 10.0. The number of pyridine rings is 1. The second kappa shape index (κ2) is 7.67. The molecular formula is C25H23N2O3+. The number of hydrogen-bond acceptors (Lipinski definition) is 3. The van der Waals surface area contributed by atoms with Crippen molar-refractivity contribution >= 4 is 23.2 Å². The normalized spacial score (nSPS) is 13.4. The monoisotopic (exact) mass is 399 g/mol. The van der Waals surface area contributed by atoms with Gasteiger partial charge >= 0.3 is 0 Å². The van der Waals surface area contributed by atoms with Crippen LogP contribution in [0.25, 0.3) is 0 Å². The number of aryl methyl sites for hydroxylation is 2. The van der Waals surface area contributed by atoms with E-state index in [0.29, 0.717) is 27.9 Å². The van der Waals surface area contributed by atoms with Gasteiger partial charge in [0.25, 0.3) is 5.91 Å². The maximum absolute atomic E-state index is 12.9. The molecule has 1 amide bonds. The Morgan fingerprint density at radius 2 is 1.57 bits per heavy atom. The zero-order valence-electron chi connectivity index (χ0n) is 17.2. The van der Waals surface area contributed by atoms with Crippen molar-refractivity contribution in [1.29, 1.82) is 0 Å². The van der Waals surface area contributed by atoms with Crippen LogP contribution >= 0.6 is 0 Å². The Labute approximate surface area is 175 Å². The van der Waals surface area contributed by atoms with Gasteiger partial charge in [-0.2, -0.15) is 4.57 Å². The molecule has 0 radical (unpaired) electrons. The first-order chi connectivity index (χ1) is 14.4. The summed E-state index contributed by atoms with van der Waals surface area (Å²) in [7, 11) is 0. The number of aromatic nitrogens is 1. The molecule has 30 heavy (non-hydrogen) atoms. The van der Waals surface area contributed by atoms with Gasteiger partial charge in [-0.25, -0.2) is 0 Å². The molecule has 5 heteroatoms. The van der Waals surface area contributed by atoms with Crippen molar-refractivity contribution in [3.8, 4) is 0 Å². The Balaban J connectivity index is 1.62. The zero-order chi connectivity index (χ0) is 21.4. The molecule has 5 nitrogen and oxygen atoms in total. The lowest BCUT2D eigenvalue weighted by Crippen LogP contribution is -2.47. The molecule has 150 valence electrons. The predicted molar refractivity (Wildman–Crippen MR) is 114 cm³/mol. The van der Waals surface area contributed by atoms with E-state index >= 15 is 0 Å². The maximum Gasteiger partial charge on any atom is 0.293 e. The van der Waals surface area contributed by atoms with Gasteiger partial charge in [0.15, 0.2) is 23.5 Å². The largest absolute Gasteiger partial charge is 0.320 e. The van der Waals surface area contributed by atoms with Crippen molar-refractivity contribution in [2.75, 3.05) is 5.32 Å².